The predicted molar refractivity (Wildman–Crippen MR) is 63.7 cm³/mol. The van der Waals surface area contributed by atoms with Crippen LogP contribution in [0.25, 0.3) is 0 Å². The van der Waals surface area contributed by atoms with E-state index in [4.69, 9.17) is 11.1 Å². The molecule has 3 N–H and O–H groups in total. The maximum atomic E-state index is 7.35. The predicted octanol–water partition coefficient (Wildman–Crippen LogP) is 0.997. The van der Waals surface area contributed by atoms with Gasteiger partial charge in [0.2, 0.25) is 5.95 Å². The number of aromatic nitrogens is 2. The molecule has 0 spiro atoms. The Morgan fingerprint density at radius 3 is 2.88 bits per heavy atom. The zero-order valence-electron chi connectivity index (χ0n) is 9.70. The van der Waals surface area contributed by atoms with Crippen LogP contribution < -0.4 is 10.6 Å². The second-order valence-electron chi connectivity index (χ2n) is 4.99. The van der Waals surface area contributed by atoms with Crippen molar-refractivity contribution in [3.63, 3.8) is 0 Å². The zero-order chi connectivity index (χ0) is 11.8. The molecule has 0 radical (unpaired) electrons. The number of nitrogens with two attached hydrogens (primary N) is 1. The minimum absolute atomic E-state index is 0.0119. The van der Waals surface area contributed by atoms with Crippen LogP contribution in [0.1, 0.15) is 26.0 Å². The molecular weight excluding hydrogens is 202 g/mol. The summed E-state index contributed by atoms with van der Waals surface area (Å²) in [5.41, 5.74) is 6.22. The van der Waals surface area contributed by atoms with Crippen LogP contribution in [-0.4, -0.2) is 28.9 Å². The SMILES string of the molecule is CC1(C)CCN(c2nccc(C(=N)N)n2)C1. The van der Waals surface area contributed by atoms with Gasteiger partial charge in [-0.05, 0) is 17.9 Å². The molecule has 0 amide bonds. The smallest absolute Gasteiger partial charge is 0.225 e. The Bertz CT molecular complexity index is 413. The van der Waals surface area contributed by atoms with E-state index in [-0.39, 0.29) is 5.84 Å². The van der Waals surface area contributed by atoms with E-state index in [2.05, 4.69) is 28.7 Å². The van der Waals surface area contributed by atoms with Gasteiger partial charge in [-0.25, -0.2) is 9.97 Å². The average molecular weight is 219 g/mol. The molecule has 1 aromatic rings. The lowest BCUT2D eigenvalue weighted by Crippen LogP contribution is -2.25. The fourth-order valence-corrected chi connectivity index (χ4v) is 1.93. The van der Waals surface area contributed by atoms with Gasteiger partial charge < -0.3 is 10.6 Å². The van der Waals surface area contributed by atoms with E-state index in [1.165, 1.54) is 0 Å². The van der Waals surface area contributed by atoms with E-state index in [0.29, 0.717) is 17.1 Å². The zero-order valence-corrected chi connectivity index (χ0v) is 9.70. The van der Waals surface area contributed by atoms with Crippen molar-refractivity contribution in [3.8, 4) is 0 Å². The second-order valence-corrected chi connectivity index (χ2v) is 4.99. The Kier molecular flexibility index (Phi) is 2.53. The van der Waals surface area contributed by atoms with Crippen LogP contribution >= 0.6 is 0 Å². The lowest BCUT2D eigenvalue weighted by atomic mass is 9.93. The van der Waals surface area contributed by atoms with Gasteiger partial charge >= 0.3 is 0 Å². The number of hydrogen-bond donors (Lipinski definition) is 2. The fourth-order valence-electron chi connectivity index (χ4n) is 1.93. The van der Waals surface area contributed by atoms with E-state index in [0.717, 1.165) is 19.5 Å². The number of rotatable bonds is 2. The number of nitrogens with zero attached hydrogens (tertiary/aromatic N) is 3. The average Bonchev–Trinajstić information content (AvgIpc) is 2.59. The van der Waals surface area contributed by atoms with Crippen LogP contribution in [-0.2, 0) is 0 Å². The number of nitrogen functional groups attached to an aromatic ring is 1. The molecule has 1 aliphatic rings. The topological polar surface area (TPSA) is 78.9 Å². The van der Waals surface area contributed by atoms with Crippen LogP contribution in [0.4, 0.5) is 5.95 Å². The lowest BCUT2D eigenvalue weighted by Gasteiger charge is -2.19. The Balaban J connectivity index is 2.22. The monoisotopic (exact) mass is 219 g/mol. The molecule has 1 saturated heterocycles. The van der Waals surface area contributed by atoms with Crippen LogP contribution in [0, 0.1) is 10.8 Å². The third-order valence-electron chi connectivity index (χ3n) is 2.88. The molecule has 0 atom stereocenters. The molecule has 0 aromatic carbocycles. The first kappa shape index (κ1) is 10.9. The van der Waals surface area contributed by atoms with Crippen LogP contribution in [0.2, 0.25) is 0 Å². The maximum Gasteiger partial charge on any atom is 0.225 e. The van der Waals surface area contributed by atoms with Crippen molar-refractivity contribution in [3.05, 3.63) is 18.0 Å². The van der Waals surface area contributed by atoms with Crippen molar-refractivity contribution in [1.29, 1.82) is 5.41 Å². The fraction of sp³-hybridized carbons (Fsp3) is 0.545. The van der Waals surface area contributed by atoms with Crippen molar-refractivity contribution in [2.45, 2.75) is 20.3 Å². The van der Waals surface area contributed by atoms with Gasteiger partial charge in [-0.3, -0.25) is 5.41 Å². The molecule has 1 aromatic heterocycles. The molecule has 2 rings (SSSR count). The van der Waals surface area contributed by atoms with Crippen LogP contribution in [0.15, 0.2) is 12.3 Å². The van der Waals surface area contributed by atoms with Gasteiger partial charge in [0.15, 0.2) is 0 Å². The van der Waals surface area contributed by atoms with Crippen molar-refractivity contribution in [1.82, 2.24) is 9.97 Å². The summed E-state index contributed by atoms with van der Waals surface area (Å²) in [5, 5.41) is 7.35. The highest BCUT2D eigenvalue weighted by Gasteiger charge is 2.30. The Morgan fingerprint density at radius 1 is 1.56 bits per heavy atom. The van der Waals surface area contributed by atoms with Crippen LogP contribution in [0.5, 0.6) is 0 Å². The second kappa shape index (κ2) is 3.73. The van der Waals surface area contributed by atoms with Crippen molar-refractivity contribution < 1.29 is 0 Å². The highest BCUT2D eigenvalue weighted by Crippen LogP contribution is 2.30. The van der Waals surface area contributed by atoms with Gasteiger partial charge in [0.1, 0.15) is 11.5 Å². The van der Waals surface area contributed by atoms with Gasteiger partial charge in [0, 0.05) is 19.3 Å². The van der Waals surface area contributed by atoms with Gasteiger partial charge in [-0.15, -0.1) is 0 Å². The largest absolute Gasteiger partial charge is 0.382 e. The molecule has 16 heavy (non-hydrogen) atoms. The molecule has 5 nitrogen and oxygen atoms in total. The van der Waals surface area contributed by atoms with E-state index in [1.54, 1.807) is 12.3 Å². The number of nitrogens with one attached hydrogen (secondary N) is 1. The standard InChI is InChI=1S/C11H17N5/c1-11(2)4-6-16(7-11)10-14-5-3-8(15-10)9(12)13/h3,5H,4,6-7H2,1-2H3,(H3,12,13). The number of hydrogen-bond acceptors (Lipinski definition) is 4. The highest BCUT2D eigenvalue weighted by molar-refractivity contribution is 5.93. The molecule has 0 unspecified atom stereocenters. The molecule has 1 aliphatic heterocycles. The number of anilines is 1. The Labute approximate surface area is 95.2 Å². The minimum atomic E-state index is -0.0119. The molecule has 1 fully saturated rings. The van der Waals surface area contributed by atoms with Crippen molar-refractivity contribution in [2.24, 2.45) is 11.1 Å². The lowest BCUT2D eigenvalue weighted by molar-refractivity contribution is 0.418. The molecule has 0 aliphatic carbocycles. The third-order valence-corrected chi connectivity index (χ3v) is 2.88. The first-order chi connectivity index (χ1) is 7.48. The summed E-state index contributed by atoms with van der Waals surface area (Å²) in [5.74, 6) is 0.667. The summed E-state index contributed by atoms with van der Waals surface area (Å²) in [4.78, 5) is 10.7. The molecule has 0 bridgehead atoms. The first-order valence-electron chi connectivity index (χ1n) is 5.40. The van der Waals surface area contributed by atoms with Gasteiger partial charge in [-0.1, -0.05) is 13.8 Å². The van der Waals surface area contributed by atoms with E-state index >= 15 is 0 Å². The van der Waals surface area contributed by atoms with E-state index in [9.17, 15) is 0 Å². The van der Waals surface area contributed by atoms with E-state index < -0.39 is 0 Å². The quantitative estimate of drug-likeness (QED) is 0.574. The highest BCUT2D eigenvalue weighted by atomic mass is 15.3. The number of amidine groups is 1. The summed E-state index contributed by atoms with van der Waals surface area (Å²) in [6.07, 6.45) is 2.80. The summed E-state index contributed by atoms with van der Waals surface area (Å²) in [6.45, 7) is 6.40. The van der Waals surface area contributed by atoms with Crippen LogP contribution in [0.3, 0.4) is 0 Å². The minimum Gasteiger partial charge on any atom is -0.382 e. The molecule has 5 heteroatoms. The molecule has 0 saturated carbocycles. The first-order valence-corrected chi connectivity index (χ1v) is 5.40. The normalized spacial score (nSPS) is 18.8. The molecule has 2 heterocycles. The Morgan fingerprint density at radius 2 is 2.31 bits per heavy atom. The summed E-state index contributed by atoms with van der Waals surface area (Å²) >= 11 is 0. The summed E-state index contributed by atoms with van der Waals surface area (Å²) < 4.78 is 0. The summed E-state index contributed by atoms with van der Waals surface area (Å²) in [6, 6.07) is 1.66. The molecule has 86 valence electrons. The maximum absolute atomic E-state index is 7.35. The summed E-state index contributed by atoms with van der Waals surface area (Å²) in [7, 11) is 0. The molecular formula is C11H17N5. The Hall–Kier alpha value is -1.65. The van der Waals surface area contributed by atoms with Gasteiger partial charge in [-0.2, -0.15) is 0 Å². The third kappa shape index (κ3) is 2.13. The van der Waals surface area contributed by atoms with Crippen molar-refractivity contribution >= 4 is 11.8 Å². The van der Waals surface area contributed by atoms with Gasteiger partial charge in [0.25, 0.3) is 0 Å². The van der Waals surface area contributed by atoms with Gasteiger partial charge in [0.05, 0.1) is 0 Å². The van der Waals surface area contributed by atoms with Crippen molar-refractivity contribution in [2.75, 3.05) is 18.0 Å². The van der Waals surface area contributed by atoms with E-state index in [1.807, 2.05) is 0 Å².